The molecule has 0 spiro atoms. The Morgan fingerprint density at radius 3 is 1.12 bits per heavy atom. The maximum atomic E-state index is 3.86. The van der Waals surface area contributed by atoms with Crippen LogP contribution in [0.2, 0.25) is 0 Å². The summed E-state index contributed by atoms with van der Waals surface area (Å²) in [6.07, 6.45) is 61.9. The highest BCUT2D eigenvalue weighted by Gasteiger charge is 2.31. The lowest BCUT2D eigenvalue weighted by atomic mass is 9.75. The fourth-order valence-corrected chi connectivity index (χ4v) is 17.9. The van der Waals surface area contributed by atoms with Crippen molar-refractivity contribution in [1.82, 2.24) is 4.58 Å². The molecule has 5 nitrogen and oxygen atoms in total. The Kier molecular flexibility index (Phi) is 22.3. The summed E-state index contributed by atoms with van der Waals surface area (Å²) in [6.45, 7) is 5.91. The lowest BCUT2D eigenvalue weighted by Crippen LogP contribution is -2.35. The van der Waals surface area contributed by atoms with Gasteiger partial charge in [-0.1, -0.05) is 173 Å². The lowest BCUT2D eigenvalue weighted by Gasteiger charge is -2.35. The zero-order valence-corrected chi connectivity index (χ0v) is 53.2. The third-order valence-electron chi connectivity index (χ3n) is 22.9. The van der Waals surface area contributed by atoms with E-state index in [1.807, 2.05) is 0 Å². The van der Waals surface area contributed by atoms with Gasteiger partial charge in [0.15, 0.2) is 5.71 Å². The van der Waals surface area contributed by atoms with Gasteiger partial charge >= 0.3 is 0 Å². The third-order valence-corrected chi connectivity index (χ3v) is 22.9. The number of rotatable bonds is 22. The van der Waals surface area contributed by atoms with Gasteiger partial charge in [-0.2, -0.15) is 4.58 Å². The van der Waals surface area contributed by atoms with Crippen LogP contribution in [0.15, 0.2) is 121 Å². The van der Waals surface area contributed by atoms with Gasteiger partial charge in [-0.05, 0) is 179 Å². The number of hydrogen-bond donors (Lipinski definition) is 1. The molecule has 5 heteroatoms. The second-order valence-electron chi connectivity index (χ2n) is 29.2. The molecule has 12 rings (SSSR count). The van der Waals surface area contributed by atoms with Crippen molar-refractivity contribution < 1.29 is 4.58 Å². The SMILES string of the molecule is C1=CC(=[N+](c2ccc(C(CC3CCCCC3)CC3CCCCC3)cc2)c2ccc(N(c3ccc(NCC4CCCCC4)cc3)c3ccc(N(CC4CCCCC4)CC4CCCCC4)cc3)cc2)C=CC1=[N+](CC1CCCCC1)CC1CCCCC1. The predicted octanol–water partition coefficient (Wildman–Crippen LogP) is 22.2. The van der Waals surface area contributed by atoms with Crippen LogP contribution in [-0.4, -0.2) is 48.7 Å². The maximum Gasteiger partial charge on any atom is 0.212 e. The number of anilines is 5. The van der Waals surface area contributed by atoms with Gasteiger partial charge in [0.25, 0.3) is 0 Å². The van der Waals surface area contributed by atoms with Crippen molar-refractivity contribution in [2.45, 2.75) is 243 Å². The van der Waals surface area contributed by atoms with Crippen LogP contribution in [0.4, 0.5) is 39.8 Å². The van der Waals surface area contributed by atoms with E-state index in [4.69, 9.17) is 0 Å². The summed E-state index contributed by atoms with van der Waals surface area (Å²) in [5, 5.41) is 3.86. The van der Waals surface area contributed by atoms with Crippen molar-refractivity contribution in [3.63, 3.8) is 0 Å². The van der Waals surface area contributed by atoms with E-state index in [0.717, 1.165) is 48.0 Å². The summed E-state index contributed by atoms with van der Waals surface area (Å²) in [7, 11) is 0. The molecular formula is C80H113N5+2. The number of nitrogens with zero attached hydrogens (tertiary/aromatic N) is 4. The Morgan fingerprint density at radius 2 is 0.682 bits per heavy atom. The van der Waals surface area contributed by atoms with Gasteiger partial charge in [0.1, 0.15) is 13.1 Å². The number of hydrogen-bond acceptors (Lipinski definition) is 3. The van der Waals surface area contributed by atoms with E-state index in [0.29, 0.717) is 5.92 Å². The zero-order valence-electron chi connectivity index (χ0n) is 53.2. The van der Waals surface area contributed by atoms with Gasteiger partial charge in [0.2, 0.25) is 17.1 Å². The Morgan fingerprint density at radius 1 is 0.341 bits per heavy atom. The first-order valence-corrected chi connectivity index (χ1v) is 36.4. The molecule has 85 heavy (non-hydrogen) atoms. The Bertz CT molecular complexity index is 2660. The van der Waals surface area contributed by atoms with Crippen LogP contribution in [0.25, 0.3) is 0 Å². The van der Waals surface area contributed by atoms with Crippen molar-refractivity contribution in [3.05, 3.63) is 127 Å². The minimum atomic E-state index is 0.658. The van der Waals surface area contributed by atoms with Crippen LogP contribution < -0.4 is 19.7 Å². The van der Waals surface area contributed by atoms with Crippen molar-refractivity contribution in [2.75, 3.05) is 47.8 Å². The summed E-state index contributed by atoms with van der Waals surface area (Å²) in [6, 6.07) is 39.0. The quantitative estimate of drug-likeness (QED) is 0.0627. The largest absolute Gasteiger partial charge is 0.385 e. The van der Waals surface area contributed by atoms with Crippen molar-refractivity contribution in [2.24, 2.45) is 41.4 Å². The fourth-order valence-electron chi connectivity index (χ4n) is 17.9. The van der Waals surface area contributed by atoms with Gasteiger partial charge in [-0.15, -0.1) is 0 Å². The highest BCUT2D eigenvalue weighted by atomic mass is 15.2. The molecule has 7 fully saturated rings. The van der Waals surface area contributed by atoms with Crippen LogP contribution >= 0.6 is 0 Å². The van der Waals surface area contributed by atoms with Crippen LogP contribution in [0.3, 0.4) is 0 Å². The van der Waals surface area contributed by atoms with E-state index < -0.39 is 0 Å². The molecule has 0 heterocycles. The molecule has 0 unspecified atom stereocenters. The molecule has 0 aliphatic heterocycles. The fraction of sp³-hybridized carbons (Fsp3) is 0.625. The van der Waals surface area contributed by atoms with E-state index in [-0.39, 0.29) is 0 Å². The van der Waals surface area contributed by atoms with Crippen molar-refractivity contribution in [1.29, 1.82) is 0 Å². The second-order valence-corrected chi connectivity index (χ2v) is 29.2. The van der Waals surface area contributed by atoms with Crippen LogP contribution in [-0.2, 0) is 0 Å². The first-order valence-electron chi connectivity index (χ1n) is 36.4. The number of allylic oxidation sites excluding steroid dienone is 4. The van der Waals surface area contributed by atoms with Crippen LogP contribution in [0.5, 0.6) is 0 Å². The molecule has 0 aromatic heterocycles. The minimum absolute atomic E-state index is 0.658. The number of benzene rings is 4. The smallest absolute Gasteiger partial charge is 0.212 e. The average Bonchev–Trinajstić information content (AvgIpc) is 3.66. The van der Waals surface area contributed by atoms with Crippen molar-refractivity contribution >= 4 is 51.2 Å². The molecule has 8 aliphatic carbocycles. The topological polar surface area (TPSA) is 24.5 Å². The molecule has 0 saturated heterocycles. The molecule has 456 valence electrons. The summed E-state index contributed by atoms with van der Waals surface area (Å²) in [5.41, 5.74) is 13.0. The Labute approximate surface area is 517 Å². The van der Waals surface area contributed by atoms with Gasteiger partial charge in [-0.25, -0.2) is 4.58 Å². The first kappa shape index (κ1) is 60.4. The number of nitrogens with one attached hydrogen (secondary N) is 1. The predicted molar refractivity (Wildman–Crippen MR) is 366 cm³/mol. The Hall–Kier alpha value is -4.90. The molecule has 8 aliphatic rings. The van der Waals surface area contributed by atoms with E-state index in [1.54, 1.807) is 5.56 Å². The van der Waals surface area contributed by atoms with E-state index in [9.17, 15) is 0 Å². The first-order chi connectivity index (χ1) is 42.1. The molecule has 0 amide bonds. The summed E-state index contributed by atoms with van der Waals surface area (Å²) in [5.74, 6) is 6.48. The normalized spacial score (nSPS) is 21.4. The van der Waals surface area contributed by atoms with Crippen LogP contribution in [0.1, 0.15) is 249 Å². The molecule has 0 bridgehead atoms. The van der Waals surface area contributed by atoms with E-state index in [2.05, 4.69) is 146 Å². The standard InChI is InChI=1S/C80H112N5/c1-8-22-63(23-9-1)56-71(57-64-24-10-2-11-25-64)70-36-40-75(41-37-70)84(77-48-44-73(45-49-77)82(59-66-28-14-4-15-29-66)60-67-30-16-5-17-31-67)79-52-54-80(55-53-79)85(76-42-38-72(39-43-76)81-58-65-26-12-3-13-27-65)78-50-46-74(47-51-78)83(61-68-32-18-6-19-33-68)62-69-34-20-7-21-35-69/h36-55,63-69,71H,1-35,56-62H2/q+1/p+1. The van der Waals surface area contributed by atoms with Gasteiger partial charge in [-0.3, -0.25) is 0 Å². The van der Waals surface area contributed by atoms with Crippen molar-refractivity contribution in [3.8, 4) is 0 Å². The maximum absolute atomic E-state index is 3.86. The highest BCUT2D eigenvalue weighted by Crippen LogP contribution is 2.43. The molecule has 7 saturated carbocycles. The third kappa shape index (κ3) is 17.0. The Balaban J connectivity index is 0.883. The highest BCUT2D eigenvalue weighted by molar-refractivity contribution is 6.18. The molecular weight excluding hydrogens is 1030 g/mol. The molecule has 4 aromatic carbocycles. The van der Waals surface area contributed by atoms with Gasteiger partial charge in [0, 0.05) is 108 Å². The zero-order chi connectivity index (χ0) is 57.2. The van der Waals surface area contributed by atoms with E-state index >= 15 is 0 Å². The van der Waals surface area contributed by atoms with Crippen LogP contribution in [0, 0.1) is 41.4 Å². The average molecular weight is 1140 g/mol. The molecule has 0 atom stereocenters. The monoisotopic (exact) mass is 1140 g/mol. The molecule has 1 N–H and O–H groups in total. The van der Waals surface area contributed by atoms with Gasteiger partial charge in [0.05, 0.1) is 0 Å². The summed E-state index contributed by atoms with van der Waals surface area (Å²) in [4.78, 5) is 5.33. The van der Waals surface area contributed by atoms with Gasteiger partial charge < -0.3 is 15.1 Å². The second kappa shape index (κ2) is 31.3. The molecule has 0 radical (unpaired) electrons. The lowest BCUT2D eigenvalue weighted by molar-refractivity contribution is -0.542. The molecule has 4 aromatic rings. The summed E-state index contributed by atoms with van der Waals surface area (Å²) < 4.78 is 5.40. The van der Waals surface area contributed by atoms with E-state index in [1.165, 1.54) is 315 Å². The minimum Gasteiger partial charge on any atom is -0.385 e. The summed E-state index contributed by atoms with van der Waals surface area (Å²) >= 11 is 0.